The zero-order valence-corrected chi connectivity index (χ0v) is 9.44. The van der Waals surface area contributed by atoms with E-state index in [-0.39, 0.29) is 5.38 Å². The minimum absolute atomic E-state index is 0.143. The molecule has 0 aromatic carbocycles. The highest BCUT2D eigenvalue weighted by atomic mass is 35.5. The lowest BCUT2D eigenvalue weighted by Gasteiger charge is -2.02. The fraction of sp³-hybridized carbons (Fsp3) is 0.273. The number of rotatable bonds is 3. The van der Waals surface area contributed by atoms with E-state index in [1.54, 1.807) is 11.3 Å². The SMILES string of the molecule is CCc1ccc(C(Cl)c2cccs2)o1. The van der Waals surface area contributed by atoms with Crippen LogP contribution < -0.4 is 0 Å². The molecular formula is C11H11ClOS. The van der Waals surface area contributed by atoms with Crippen LogP contribution in [0.4, 0.5) is 0 Å². The Morgan fingerprint density at radius 2 is 2.29 bits per heavy atom. The fourth-order valence-corrected chi connectivity index (χ4v) is 2.35. The minimum Gasteiger partial charge on any atom is -0.464 e. The molecule has 1 nitrogen and oxygen atoms in total. The zero-order valence-electron chi connectivity index (χ0n) is 7.87. The number of aryl methyl sites for hydroxylation is 1. The smallest absolute Gasteiger partial charge is 0.127 e. The van der Waals surface area contributed by atoms with Crippen LogP contribution in [-0.2, 0) is 6.42 Å². The summed E-state index contributed by atoms with van der Waals surface area (Å²) < 4.78 is 5.59. The number of hydrogen-bond acceptors (Lipinski definition) is 2. The Hall–Kier alpha value is -0.730. The molecule has 0 aliphatic heterocycles. The van der Waals surface area contributed by atoms with Gasteiger partial charge < -0.3 is 4.42 Å². The Balaban J connectivity index is 2.23. The maximum atomic E-state index is 6.26. The molecule has 0 aliphatic carbocycles. The predicted octanol–water partition coefficient (Wildman–Crippen LogP) is 4.23. The molecule has 2 aromatic rings. The van der Waals surface area contributed by atoms with Gasteiger partial charge in [-0.2, -0.15) is 0 Å². The average molecular weight is 227 g/mol. The standard InChI is InChI=1S/C11H11ClOS/c1-2-8-5-6-9(13-8)11(12)10-4-3-7-14-10/h3-7,11H,2H2,1H3. The van der Waals surface area contributed by atoms with Gasteiger partial charge in [-0.3, -0.25) is 0 Å². The average Bonchev–Trinajstić information content (AvgIpc) is 2.88. The van der Waals surface area contributed by atoms with E-state index in [0.29, 0.717) is 0 Å². The molecule has 0 N–H and O–H groups in total. The lowest BCUT2D eigenvalue weighted by atomic mass is 10.3. The first-order valence-corrected chi connectivity index (χ1v) is 5.89. The van der Waals surface area contributed by atoms with Crippen molar-refractivity contribution >= 4 is 22.9 Å². The van der Waals surface area contributed by atoms with Crippen LogP contribution in [0, 0.1) is 0 Å². The molecule has 0 aliphatic rings. The lowest BCUT2D eigenvalue weighted by molar-refractivity contribution is 0.475. The summed E-state index contributed by atoms with van der Waals surface area (Å²) in [5, 5.41) is 1.88. The van der Waals surface area contributed by atoms with Gasteiger partial charge in [0.1, 0.15) is 16.9 Å². The van der Waals surface area contributed by atoms with E-state index in [0.717, 1.165) is 22.8 Å². The third kappa shape index (κ3) is 1.86. The molecule has 2 rings (SSSR count). The third-order valence-corrected chi connectivity index (χ3v) is 3.59. The second-order valence-corrected chi connectivity index (χ2v) is 4.45. The molecule has 0 amide bonds. The molecule has 0 fully saturated rings. The van der Waals surface area contributed by atoms with E-state index in [9.17, 15) is 0 Å². The van der Waals surface area contributed by atoms with E-state index >= 15 is 0 Å². The highest BCUT2D eigenvalue weighted by molar-refractivity contribution is 7.10. The van der Waals surface area contributed by atoms with Gasteiger partial charge in [0, 0.05) is 11.3 Å². The first-order chi connectivity index (χ1) is 6.81. The van der Waals surface area contributed by atoms with Crippen molar-refractivity contribution < 1.29 is 4.42 Å². The number of thiophene rings is 1. The summed E-state index contributed by atoms with van der Waals surface area (Å²) in [6.45, 7) is 2.07. The molecule has 2 heterocycles. The van der Waals surface area contributed by atoms with Crippen molar-refractivity contribution in [3.05, 3.63) is 46.0 Å². The summed E-state index contributed by atoms with van der Waals surface area (Å²) in [6.07, 6.45) is 0.911. The van der Waals surface area contributed by atoms with Crippen LogP contribution in [0.15, 0.2) is 34.1 Å². The van der Waals surface area contributed by atoms with Gasteiger partial charge in [0.05, 0.1) is 0 Å². The van der Waals surface area contributed by atoms with Crippen LogP contribution in [0.25, 0.3) is 0 Å². The first kappa shape index (κ1) is 9.81. The number of alkyl halides is 1. The number of halogens is 1. The Morgan fingerprint density at radius 1 is 1.43 bits per heavy atom. The van der Waals surface area contributed by atoms with Crippen molar-refractivity contribution in [2.45, 2.75) is 18.7 Å². The summed E-state index contributed by atoms with van der Waals surface area (Å²) in [4.78, 5) is 1.13. The third-order valence-electron chi connectivity index (χ3n) is 2.07. The number of hydrogen-bond donors (Lipinski definition) is 0. The van der Waals surface area contributed by atoms with Crippen LogP contribution in [0.5, 0.6) is 0 Å². The normalized spacial score (nSPS) is 13.0. The molecule has 2 aromatic heterocycles. The molecular weight excluding hydrogens is 216 g/mol. The van der Waals surface area contributed by atoms with Crippen molar-refractivity contribution in [3.8, 4) is 0 Å². The molecule has 0 radical (unpaired) electrons. The van der Waals surface area contributed by atoms with Gasteiger partial charge in [0.25, 0.3) is 0 Å². The van der Waals surface area contributed by atoms with E-state index < -0.39 is 0 Å². The monoisotopic (exact) mass is 226 g/mol. The van der Waals surface area contributed by atoms with Crippen molar-refractivity contribution in [2.75, 3.05) is 0 Å². The van der Waals surface area contributed by atoms with Crippen molar-refractivity contribution in [2.24, 2.45) is 0 Å². The molecule has 0 saturated carbocycles. The Kier molecular flexibility index (Phi) is 2.94. The summed E-state index contributed by atoms with van der Waals surface area (Å²) in [6, 6.07) is 7.96. The largest absolute Gasteiger partial charge is 0.464 e. The van der Waals surface area contributed by atoms with Crippen LogP contribution in [0.1, 0.15) is 28.7 Å². The lowest BCUT2D eigenvalue weighted by Crippen LogP contribution is -1.86. The van der Waals surface area contributed by atoms with Gasteiger partial charge in [0.2, 0.25) is 0 Å². The van der Waals surface area contributed by atoms with Crippen molar-refractivity contribution in [1.29, 1.82) is 0 Å². The van der Waals surface area contributed by atoms with Gasteiger partial charge in [-0.05, 0) is 23.6 Å². The predicted molar refractivity (Wildman–Crippen MR) is 60.1 cm³/mol. The van der Waals surface area contributed by atoms with E-state index in [1.807, 2.05) is 29.6 Å². The van der Waals surface area contributed by atoms with Crippen LogP contribution in [-0.4, -0.2) is 0 Å². The van der Waals surface area contributed by atoms with Crippen molar-refractivity contribution in [3.63, 3.8) is 0 Å². The van der Waals surface area contributed by atoms with E-state index in [4.69, 9.17) is 16.0 Å². The van der Waals surface area contributed by atoms with Crippen LogP contribution in [0.2, 0.25) is 0 Å². The molecule has 0 saturated heterocycles. The van der Waals surface area contributed by atoms with Crippen LogP contribution >= 0.6 is 22.9 Å². The summed E-state index contributed by atoms with van der Waals surface area (Å²) >= 11 is 7.91. The first-order valence-electron chi connectivity index (χ1n) is 4.57. The fourth-order valence-electron chi connectivity index (χ4n) is 1.30. The summed E-state index contributed by atoms with van der Waals surface area (Å²) in [5.41, 5.74) is 0. The minimum atomic E-state index is -0.143. The molecule has 0 spiro atoms. The maximum absolute atomic E-state index is 6.26. The van der Waals surface area contributed by atoms with Crippen molar-refractivity contribution in [1.82, 2.24) is 0 Å². The van der Waals surface area contributed by atoms with Gasteiger partial charge in [-0.15, -0.1) is 22.9 Å². The maximum Gasteiger partial charge on any atom is 0.127 e. The quantitative estimate of drug-likeness (QED) is 0.714. The molecule has 74 valence electrons. The summed E-state index contributed by atoms with van der Waals surface area (Å²) in [7, 11) is 0. The molecule has 0 bridgehead atoms. The Morgan fingerprint density at radius 3 is 2.86 bits per heavy atom. The molecule has 1 atom stereocenters. The second-order valence-electron chi connectivity index (χ2n) is 3.04. The van der Waals surface area contributed by atoms with Crippen LogP contribution in [0.3, 0.4) is 0 Å². The molecule has 14 heavy (non-hydrogen) atoms. The van der Waals surface area contributed by atoms with Gasteiger partial charge >= 0.3 is 0 Å². The molecule has 3 heteroatoms. The highest BCUT2D eigenvalue weighted by Gasteiger charge is 2.15. The number of furan rings is 1. The Bertz CT molecular complexity index is 391. The Labute approximate surface area is 92.3 Å². The van der Waals surface area contributed by atoms with E-state index in [2.05, 4.69) is 6.92 Å². The molecule has 1 unspecified atom stereocenters. The van der Waals surface area contributed by atoms with Gasteiger partial charge in [0.15, 0.2) is 0 Å². The van der Waals surface area contributed by atoms with Gasteiger partial charge in [-0.25, -0.2) is 0 Å². The second kappa shape index (κ2) is 4.20. The highest BCUT2D eigenvalue weighted by Crippen LogP contribution is 2.32. The topological polar surface area (TPSA) is 13.1 Å². The van der Waals surface area contributed by atoms with Gasteiger partial charge in [-0.1, -0.05) is 13.0 Å². The van der Waals surface area contributed by atoms with E-state index in [1.165, 1.54) is 0 Å². The zero-order chi connectivity index (χ0) is 9.97. The summed E-state index contributed by atoms with van der Waals surface area (Å²) in [5.74, 6) is 1.83.